The third kappa shape index (κ3) is 4.77. The number of hydrogen-bond acceptors (Lipinski definition) is 4. The Morgan fingerprint density at radius 2 is 1.52 bits per heavy atom. The first-order chi connectivity index (χ1) is 15.7. The number of rotatable bonds is 5. The lowest BCUT2D eigenvalue weighted by atomic mass is 10.1. The van der Waals surface area contributed by atoms with Gasteiger partial charge in [0.25, 0.3) is 17.7 Å². The molecule has 6 nitrogen and oxygen atoms in total. The highest BCUT2D eigenvalue weighted by molar-refractivity contribution is 6.53. The molecule has 1 aliphatic rings. The van der Waals surface area contributed by atoms with Gasteiger partial charge in [-0.25, -0.2) is 4.90 Å². The summed E-state index contributed by atoms with van der Waals surface area (Å²) in [6.45, 7) is 3.91. The van der Waals surface area contributed by atoms with Crippen molar-refractivity contribution in [1.82, 2.24) is 0 Å². The van der Waals surface area contributed by atoms with Gasteiger partial charge in [-0.3, -0.25) is 14.4 Å². The first-order valence-corrected chi connectivity index (χ1v) is 10.8. The van der Waals surface area contributed by atoms with E-state index in [0.29, 0.717) is 27.6 Å². The predicted molar refractivity (Wildman–Crippen MR) is 131 cm³/mol. The summed E-state index contributed by atoms with van der Waals surface area (Å²) in [6.07, 6.45) is 0. The molecule has 0 aliphatic carbocycles. The molecule has 2 N–H and O–H groups in total. The van der Waals surface area contributed by atoms with Crippen molar-refractivity contribution in [3.05, 3.63) is 99.2 Å². The molecule has 3 aromatic carbocycles. The molecule has 3 amide bonds. The maximum Gasteiger partial charge on any atom is 0.283 e. The van der Waals surface area contributed by atoms with Gasteiger partial charge < -0.3 is 10.6 Å². The van der Waals surface area contributed by atoms with Gasteiger partial charge in [-0.1, -0.05) is 41.4 Å². The van der Waals surface area contributed by atoms with Crippen LogP contribution in [0, 0.1) is 13.8 Å². The van der Waals surface area contributed by atoms with Crippen LogP contribution < -0.4 is 15.5 Å². The number of nitrogens with one attached hydrogen (secondary N) is 2. The van der Waals surface area contributed by atoms with Gasteiger partial charge in [0.15, 0.2) is 0 Å². The zero-order valence-electron chi connectivity index (χ0n) is 17.8. The first kappa shape index (κ1) is 22.6. The van der Waals surface area contributed by atoms with E-state index in [1.165, 1.54) is 6.07 Å². The molecule has 0 atom stereocenters. The minimum Gasteiger partial charge on any atom is -0.350 e. The normalized spacial score (nSPS) is 13.5. The number of hydrogen-bond donors (Lipinski definition) is 2. The third-order valence-electron chi connectivity index (χ3n) is 4.97. The number of aryl methyl sites for hydroxylation is 2. The fourth-order valence-electron chi connectivity index (χ4n) is 3.59. The summed E-state index contributed by atoms with van der Waals surface area (Å²) in [5, 5.41) is 5.90. The maximum absolute atomic E-state index is 12.9. The van der Waals surface area contributed by atoms with E-state index in [9.17, 15) is 14.4 Å². The van der Waals surface area contributed by atoms with E-state index < -0.39 is 11.8 Å². The van der Waals surface area contributed by atoms with Crippen molar-refractivity contribution in [3.8, 4) is 0 Å². The van der Waals surface area contributed by atoms with E-state index >= 15 is 0 Å². The smallest absolute Gasteiger partial charge is 0.283 e. The summed E-state index contributed by atoms with van der Waals surface area (Å²) in [5.74, 6) is -1.58. The molecule has 0 spiro atoms. The summed E-state index contributed by atoms with van der Waals surface area (Å²) in [6, 6.07) is 18.7. The van der Waals surface area contributed by atoms with Crippen LogP contribution in [0.15, 0.2) is 77.5 Å². The van der Waals surface area contributed by atoms with E-state index in [0.717, 1.165) is 16.0 Å². The van der Waals surface area contributed by atoms with Crippen LogP contribution in [0.5, 0.6) is 0 Å². The van der Waals surface area contributed by atoms with Crippen molar-refractivity contribution in [2.24, 2.45) is 0 Å². The molecule has 0 bridgehead atoms. The molecule has 33 heavy (non-hydrogen) atoms. The predicted octanol–water partition coefficient (Wildman–Crippen LogP) is 5.64. The second-order valence-corrected chi connectivity index (χ2v) is 8.47. The van der Waals surface area contributed by atoms with Gasteiger partial charge >= 0.3 is 0 Å². The lowest BCUT2D eigenvalue weighted by Gasteiger charge is -2.15. The average Bonchev–Trinajstić information content (AvgIpc) is 2.96. The topological polar surface area (TPSA) is 78.5 Å². The molecule has 1 heterocycles. The lowest BCUT2D eigenvalue weighted by molar-refractivity contribution is -0.120. The molecule has 0 unspecified atom stereocenters. The fourth-order valence-corrected chi connectivity index (χ4v) is 3.99. The molecule has 166 valence electrons. The molecule has 0 fully saturated rings. The van der Waals surface area contributed by atoms with Gasteiger partial charge in [-0.05, 0) is 73.5 Å². The third-order valence-corrected chi connectivity index (χ3v) is 5.55. The number of carbonyl (C=O) groups is 3. The molecule has 3 aromatic rings. The Kier molecular flexibility index (Phi) is 6.22. The zero-order valence-corrected chi connectivity index (χ0v) is 19.3. The second kappa shape index (κ2) is 9.10. The van der Waals surface area contributed by atoms with E-state index in [2.05, 4.69) is 10.6 Å². The Bertz CT molecular complexity index is 1310. The fraction of sp³-hybridized carbons (Fsp3) is 0.0800. The molecule has 1 aliphatic heterocycles. The molecule has 0 radical (unpaired) electrons. The number of carbonyl (C=O) groups excluding carboxylic acids is 3. The molecule has 8 heteroatoms. The zero-order chi connectivity index (χ0) is 23.7. The van der Waals surface area contributed by atoms with Gasteiger partial charge in [0, 0.05) is 22.0 Å². The maximum atomic E-state index is 12.9. The lowest BCUT2D eigenvalue weighted by Crippen LogP contribution is -2.32. The number of nitrogens with zero attached hydrogens (tertiary/aromatic N) is 1. The number of anilines is 3. The summed E-state index contributed by atoms with van der Waals surface area (Å²) in [4.78, 5) is 39.3. The van der Waals surface area contributed by atoms with E-state index in [-0.39, 0.29) is 16.6 Å². The number of imide groups is 1. The van der Waals surface area contributed by atoms with Crippen molar-refractivity contribution >= 4 is 58.0 Å². The van der Waals surface area contributed by atoms with E-state index in [1.807, 2.05) is 32.0 Å². The Morgan fingerprint density at radius 1 is 0.818 bits per heavy atom. The summed E-state index contributed by atoms with van der Waals surface area (Å²) < 4.78 is 0. The monoisotopic (exact) mass is 479 g/mol. The molecule has 0 saturated heterocycles. The number of benzene rings is 3. The van der Waals surface area contributed by atoms with Crippen molar-refractivity contribution in [3.63, 3.8) is 0 Å². The Balaban J connectivity index is 1.55. The van der Waals surface area contributed by atoms with Crippen molar-refractivity contribution < 1.29 is 14.4 Å². The molecular formula is C25H19Cl2N3O3. The van der Waals surface area contributed by atoms with Crippen LogP contribution in [-0.4, -0.2) is 17.7 Å². The van der Waals surface area contributed by atoms with Crippen LogP contribution in [0.2, 0.25) is 5.02 Å². The van der Waals surface area contributed by atoms with Crippen LogP contribution in [0.3, 0.4) is 0 Å². The quantitative estimate of drug-likeness (QED) is 0.463. The SMILES string of the molecule is Cc1cc(C)cc(NC(=O)c2cccc(NC3=C(Cl)C(=O)N(c4cccc(Cl)c4)C3=O)c2)c1. The van der Waals surface area contributed by atoms with Crippen LogP contribution in [-0.2, 0) is 9.59 Å². The van der Waals surface area contributed by atoms with Crippen LogP contribution in [0.4, 0.5) is 17.1 Å². The van der Waals surface area contributed by atoms with Gasteiger partial charge in [-0.2, -0.15) is 0 Å². The van der Waals surface area contributed by atoms with Crippen LogP contribution in [0.1, 0.15) is 21.5 Å². The minimum atomic E-state index is -0.657. The highest BCUT2D eigenvalue weighted by Gasteiger charge is 2.39. The van der Waals surface area contributed by atoms with Gasteiger partial charge in [0.05, 0.1) is 5.69 Å². The average molecular weight is 480 g/mol. The number of amides is 3. The standard InChI is InChI=1S/C25H19Cl2N3O3/c1-14-9-15(2)11-19(10-14)29-23(31)16-5-3-7-18(12-16)28-22-21(27)24(32)30(25(22)33)20-8-4-6-17(26)13-20/h3-13,28H,1-2H3,(H,29,31). The summed E-state index contributed by atoms with van der Waals surface area (Å²) >= 11 is 12.2. The largest absolute Gasteiger partial charge is 0.350 e. The molecular weight excluding hydrogens is 461 g/mol. The van der Waals surface area contributed by atoms with Gasteiger partial charge in [0.1, 0.15) is 10.7 Å². The van der Waals surface area contributed by atoms with Gasteiger partial charge in [0.2, 0.25) is 0 Å². The van der Waals surface area contributed by atoms with Crippen LogP contribution in [0.25, 0.3) is 0 Å². The molecule has 0 aromatic heterocycles. The minimum absolute atomic E-state index is 0.0755. The summed E-state index contributed by atoms with van der Waals surface area (Å²) in [5.41, 5.74) is 3.81. The Labute approximate surface area is 200 Å². The number of halogens is 2. The first-order valence-electron chi connectivity index (χ1n) is 10.0. The Morgan fingerprint density at radius 3 is 2.21 bits per heavy atom. The molecule has 0 saturated carbocycles. The highest BCUT2D eigenvalue weighted by atomic mass is 35.5. The Hall–Kier alpha value is -3.61. The highest BCUT2D eigenvalue weighted by Crippen LogP contribution is 2.31. The van der Waals surface area contributed by atoms with Crippen molar-refractivity contribution in [1.29, 1.82) is 0 Å². The summed E-state index contributed by atoms with van der Waals surface area (Å²) in [7, 11) is 0. The van der Waals surface area contributed by atoms with Crippen molar-refractivity contribution in [2.45, 2.75) is 13.8 Å². The van der Waals surface area contributed by atoms with Gasteiger partial charge in [-0.15, -0.1) is 0 Å². The molecule has 4 rings (SSSR count). The van der Waals surface area contributed by atoms with Crippen LogP contribution >= 0.6 is 23.2 Å². The van der Waals surface area contributed by atoms with E-state index in [4.69, 9.17) is 23.2 Å². The van der Waals surface area contributed by atoms with E-state index in [1.54, 1.807) is 42.5 Å². The van der Waals surface area contributed by atoms with Crippen molar-refractivity contribution in [2.75, 3.05) is 15.5 Å². The second-order valence-electron chi connectivity index (χ2n) is 7.65.